The van der Waals surface area contributed by atoms with Crippen molar-refractivity contribution in [3.63, 3.8) is 0 Å². The largest absolute Gasteiger partial charge is 0.395 e. The van der Waals surface area contributed by atoms with Crippen LogP contribution in [0.4, 0.5) is 0 Å². The summed E-state index contributed by atoms with van der Waals surface area (Å²) in [6.07, 6.45) is 0.786. The van der Waals surface area contributed by atoms with Crippen molar-refractivity contribution < 1.29 is 14.6 Å². The van der Waals surface area contributed by atoms with Gasteiger partial charge in [0.2, 0.25) is 5.91 Å². The first-order valence-electron chi connectivity index (χ1n) is 6.73. The van der Waals surface area contributed by atoms with E-state index in [1.54, 1.807) is 4.90 Å². The summed E-state index contributed by atoms with van der Waals surface area (Å²) < 4.78 is 5.26. The summed E-state index contributed by atoms with van der Waals surface area (Å²) in [5.74, 6) is 0.0455. The molecule has 4 nitrogen and oxygen atoms in total. The van der Waals surface area contributed by atoms with E-state index in [0.29, 0.717) is 26.3 Å². The van der Waals surface area contributed by atoms with E-state index < -0.39 is 0 Å². The highest BCUT2D eigenvalue weighted by molar-refractivity contribution is 5.79. The highest BCUT2D eigenvalue weighted by atomic mass is 16.5. The number of aliphatic hydroxyl groups excluding tert-OH is 1. The van der Waals surface area contributed by atoms with Crippen LogP contribution < -0.4 is 0 Å². The number of aryl methyl sites for hydroxylation is 1. The number of hydrogen-bond acceptors (Lipinski definition) is 3. The topological polar surface area (TPSA) is 49.8 Å². The number of benzene rings is 1. The predicted molar refractivity (Wildman–Crippen MR) is 72.6 cm³/mol. The molecule has 0 saturated carbocycles. The number of hydrogen-bond donors (Lipinski definition) is 1. The minimum absolute atomic E-state index is 0.00875. The summed E-state index contributed by atoms with van der Waals surface area (Å²) in [6, 6.07) is 8.13. The van der Waals surface area contributed by atoms with Crippen molar-refractivity contribution in [1.82, 2.24) is 4.90 Å². The minimum atomic E-state index is -0.0444. The van der Waals surface area contributed by atoms with Crippen molar-refractivity contribution in [1.29, 1.82) is 0 Å². The molecule has 1 atom stereocenters. The van der Waals surface area contributed by atoms with Crippen LogP contribution >= 0.6 is 0 Å². The Kier molecular flexibility index (Phi) is 4.93. The van der Waals surface area contributed by atoms with Crippen molar-refractivity contribution in [3.8, 4) is 0 Å². The normalized spacial score (nSPS) is 18.5. The molecule has 1 aromatic rings. The van der Waals surface area contributed by atoms with Crippen LogP contribution in [0.2, 0.25) is 0 Å². The SMILES string of the molecule is Cc1ccc(CN(CCO)C(=O)C2CCOC2)cc1. The van der Waals surface area contributed by atoms with Crippen LogP contribution in [-0.2, 0) is 16.1 Å². The zero-order valence-electron chi connectivity index (χ0n) is 11.3. The number of carbonyl (C=O) groups is 1. The summed E-state index contributed by atoms with van der Waals surface area (Å²) >= 11 is 0. The molecule has 0 radical (unpaired) electrons. The summed E-state index contributed by atoms with van der Waals surface area (Å²) in [4.78, 5) is 14.1. The van der Waals surface area contributed by atoms with Crippen LogP contribution in [0.1, 0.15) is 17.5 Å². The number of aliphatic hydroxyl groups is 1. The Morgan fingerprint density at radius 3 is 2.74 bits per heavy atom. The summed E-state index contributed by atoms with van der Waals surface area (Å²) in [5.41, 5.74) is 2.29. The van der Waals surface area contributed by atoms with E-state index in [2.05, 4.69) is 0 Å². The Balaban J connectivity index is 2.02. The third-order valence-corrected chi connectivity index (χ3v) is 3.45. The van der Waals surface area contributed by atoms with E-state index >= 15 is 0 Å². The van der Waals surface area contributed by atoms with Gasteiger partial charge in [-0.1, -0.05) is 29.8 Å². The molecule has 1 aromatic carbocycles. The average Bonchev–Trinajstić information content (AvgIpc) is 2.94. The van der Waals surface area contributed by atoms with E-state index in [9.17, 15) is 4.79 Å². The third kappa shape index (κ3) is 3.78. The van der Waals surface area contributed by atoms with E-state index in [-0.39, 0.29) is 18.4 Å². The van der Waals surface area contributed by atoms with Crippen LogP contribution in [0, 0.1) is 12.8 Å². The first kappa shape index (κ1) is 14.0. The van der Waals surface area contributed by atoms with Gasteiger partial charge in [-0.3, -0.25) is 4.79 Å². The Morgan fingerprint density at radius 2 is 2.16 bits per heavy atom. The second-order valence-corrected chi connectivity index (χ2v) is 5.03. The monoisotopic (exact) mass is 263 g/mol. The van der Waals surface area contributed by atoms with Crippen LogP contribution in [0.15, 0.2) is 24.3 Å². The molecule has 4 heteroatoms. The predicted octanol–water partition coefficient (Wildman–Crippen LogP) is 1.35. The van der Waals surface area contributed by atoms with Crippen molar-refractivity contribution in [2.75, 3.05) is 26.4 Å². The fourth-order valence-corrected chi connectivity index (χ4v) is 2.29. The second-order valence-electron chi connectivity index (χ2n) is 5.03. The van der Waals surface area contributed by atoms with Gasteiger partial charge in [-0.05, 0) is 18.9 Å². The molecule has 1 unspecified atom stereocenters. The summed E-state index contributed by atoms with van der Waals surface area (Å²) in [7, 11) is 0. The lowest BCUT2D eigenvalue weighted by atomic mass is 10.1. The Labute approximate surface area is 114 Å². The molecule has 0 aliphatic carbocycles. The molecule has 1 saturated heterocycles. The Morgan fingerprint density at radius 1 is 1.42 bits per heavy atom. The number of ether oxygens (including phenoxy) is 1. The van der Waals surface area contributed by atoms with Crippen LogP contribution in [0.5, 0.6) is 0 Å². The quantitative estimate of drug-likeness (QED) is 0.872. The van der Waals surface area contributed by atoms with Gasteiger partial charge in [0.15, 0.2) is 0 Å². The summed E-state index contributed by atoms with van der Waals surface area (Å²) in [5, 5.41) is 9.13. The van der Waals surface area contributed by atoms with Crippen LogP contribution in [0.25, 0.3) is 0 Å². The van der Waals surface area contributed by atoms with Crippen molar-refractivity contribution in [3.05, 3.63) is 35.4 Å². The summed E-state index contributed by atoms with van der Waals surface area (Å²) in [6.45, 7) is 4.13. The fourth-order valence-electron chi connectivity index (χ4n) is 2.29. The van der Waals surface area contributed by atoms with Crippen LogP contribution in [-0.4, -0.2) is 42.3 Å². The lowest BCUT2D eigenvalue weighted by molar-refractivity contribution is -0.136. The molecule has 19 heavy (non-hydrogen) atoms. The molecule has 104 valence electrons. The minimum Gasteiger partial charge on any atom is -0.395 e. The molecule has 0 bridgehead atoms. The number of rotatable bonds is 5. The highest BCUT2D eigenvalue weighted by Crippen LogP contribution is 2.17. The average molecular weight is 263 g/mol. The lowest BCUT2D eigenvalue weighted by Gasteiger charge is -2.24. The van der Waals surface area contributed by atoms with Crippen LogP contribution in [0.3, 0.4) is 0 Å². The molecule has 1 N–H and O–H groups in total. The molecular formula is C15H21NO3. The molecule has 2 rings (SSSR count). The van der Waals surface area contributed by atoms with Gasteiger partial charge in [0, 0.05) is 19.7 Å². The van der Waals surface area contributed by atoms with E-state index in [0.717, 1.165) is 12.0 Å². The van der Waals surface area contributed by atoms with Gasteiger partial charge in [-0.2, -0.15) is 0 Å². The lowest BCUT2D eigenvalue weighted by Crippen LogP contribution is -2.37. The van der Waals surface area contributed by atoms with Gasteiger partial charge in [0.05, 0.1) is 19.1 Å². The van der Waals surface area contributed by atoms with Crippen molar-refractivity contribution >= 4 is 5.91 Å². The van der Waals surface area contributed by atoms with Gasteiger partial charge in [-0.15, -0.1) is 0 Å². The standard InChI is InChI=1S/C15H21NO3/c1-12-2-4-13(5-3-12)10-16(7-8-17)15(18)14-6-9-19-11-14/h2-5,14,17H,6-11H2,1H3. The molecular weight excluding hydrogens is 242 g/mol. The molecule has 1 amide bonds. The molecule has 0 spiro atoms. The van der Waals surface area contributed by atoms with E-state index in [1.807, 2.05) is 31.2 Å². The highest BCUT2D eigenvalue weighted by Gasteiger charge is 2.27. The van der Waals surface area contributed by atoms with E-state index in [4.69, 9.17) is 9.84 Å². The van der Waals surface area contributed by atoms with E-state index in [1.165, 1.54) is 5.56 Å². The maximum atomic E-state index is 12.3. The molecule has 1 heterocycles. The second kappa shape index (κ2) is 6.68. The zero-order chi connectivity index (χ0) is 13.7. The fraction of sp³-hybridized carbons (Fsp3) is 0.533. The Bertz CT molecular complexity index is 410. The number of nitrogens with zero attached hydrogens (tertiary/aromatic N) is 1. The van der Waals surface area contributed by atoms with Gasteiger partial charge >= 0.3 is 0 Å². The number of carbonyl (C=O) groups excluding carboxylic acids is 1. The zero-order valence-corrected chi connectivity index (χ0v) is 11.3. The Hall–Kier alpha value is -1.39. The smallest absolute Gasteiger partial charge is 0.228 e. The van der Waals surface area contributed by atoms with Gasteiger partial charge < -0.3 is 14.7 Å². The maximum absolute atomic E-state index is 12.3. The maximum Gasteiger partial charge on any atom is 0.228 e. The third-order valence-electron chi connectivity index (χ3n) is 3.45. The van der Waals surface area contributed by atoms with Crippen molar-refractivity contribution in [2.24, 2.45) is 5.92 Å². The van der Waals surface area contributed by atoms with Gasteiger partial charge in [-0.25, -0.2) is 0 Å². The van der Waals surface area contributed by atoms with Gasteiger partial charge in [0.1, 0.15) is 0 Å². The first-order valence-corrected chi connectivity index (χ1v) is 6.73. The molecule has 0 aromatic heterocycles. The molecule has 1 aliphatic heterocycles. The first-order chi connectivity index (χ1) is 9.20. The molecule has 1 fully saturated rings. The number of amides is 1. The van der Waals surface area contributed by atoms with Gasteiger partial charge in [0.25, 0.3) is 0 Å². The molecule has 1 aliphatic rings. The van der Waals surface area contributed by atoms with Crippen molar-refractivity contribution in [2.45, 2.75) is 19.9 Å².